The topological polar surface area (TPSA) is 76.3 Å². The molecule has 0 saturated heterocycles. The average molecular weight is 253 g/mol. The SMILES string of the molecule is COc1cc(NCCCN(C)C(C)C)nc(N)n1. The van der Waals surface area contributed by atoms with Crippen molar-refractivity contribution >= 4 is 11.8 Å². The van der Waals surface area contributed by atoms with E-state index < -0.39 is 0 Å². The summed E-state index contributed by atoms with van der Waals surface area (Å²) in [4.78, 5) is 10.3. The van der Waals surface area contributed by atoms with Crippen LogP contribution in [0.4, 0.5) is 11.8 Å². The molecule has 0 fully saturated rings. The first kappa shape index (κ1) is 14.5. The summed E-state index contributed by atoms with van der Waals surface area (Å²) in [6.07, 6.45) is 1.04. The lowest BCUT2D eigenvalue weighted by molar-refractivity contribution is 0.273. The highest BCUT2D eigenvalue weighted by atomic mass is 16.5. The maximum Gasteiger partial charge on any atom is 0.225 e. The van der Waals surface area contributed by atoms with Gasteiger partial charge in [-0.25, -0.2) is 0 Å². The number of aromatic nitrogens is 2. The minimum Gasteiger partial charge on any atom is -0.481 e. The minimum absolute atomic E-state index is 0.219. The molecule has 0 radical (unpaired) electrons. The number of nitrogens with zero attached hydrogens (tertiary/aromatic N) is 3. The van der Waals surface area contributed by atoms with Crippen LogP contribution in [0.2, 0.25) is 0 Å². The van der Waals surface area contributed by atoms with Crippen molar-refractivity contribution in [3.05, 3.63) is 6.07 Å². The molecule has 0 aromatic carbocycles. The lowest BCUT2D eigenvalue weighted by Gasteiger charge is -2.20. The molecule has 0 bridgehead atoms. The second kappa shape index (κ2) is 7.00. The lowest BCUT2D eigenvalue weighted by Crippen LogP contribution is -2.28. The summed E-state index contributed by atoms with van der Waals surface area (Å²) in [6.45, 7) is 6.26. The van der Waals surface area contributed by atoms with Crippen LogP contribution in [-0.2, 0) is 0 Å². The Balaban J connectivity index is 2.37. The number of nitrogens with two attached hydrogens (primary N) is 1. The first-order valence-corrected chi connectivity index (χ1v) is 6.15. The van der Waals surface area contributed by atoms with E-state index in [1.807, 2.05) is 0 Å². The zero-order chi connectivity index (χ0) is 13.5. The van der Waals surface area contributed by atoms with E-state index in [1.165, 1.54) is 0 Å². The zero-order valence-corrected chi connectivity index (χ0v) is 11.6. The van der Waals surface area contributed by atoms with Crippen LogP contribution in [0.3, 0.4) is 0 Å². The average Bonchev–Trinajstić information content (AvgIpc) is 2.33. The van der Waals surface area contributed by atoms with Gasteiger partial charge in [-0.1, -0.05) is 0 Å². The summed E-state index contributed by atoms with van der Waals surface area (Å²) in [6, 6.07) is 2.31. The van der Waals surface area contributed by atoms with Crippen molar-refractivity contribution < 1.29 is 4.74 Å². The normalized spacial score (nSPS) is 11.0. The van der Waals surface area contributed by atoms with Gasteiger partial charge in [-0.15, -0.1) is 0 Å². The van der Waals surface area contributed by atoms with Crippen LogP contribution >= 0.6 is 0 Å². The van der Waals surface area contributed by atoms with Gasteiger partial charge in [0, 0.05) is 18.7 Å². The van der Waals surface area contributed by atoms with Crippen molar-refractivity contribution in [2.75, 3.05) is 38.3 Å². The summed E-state index contributed by atoms with van der Waals surface area (Å²) in [7, 11) is 3.68. The Morgan fingerprint density at radius 3 is 2.78 bits per heavy atom. The van der Waals surface area contributed by atoms with E-state index >= 15 is 0 Å². The third-order valence-corrected chi connectivity index (χ3v) is 2.80. The highest BCUT2D eigenvalue weighted by molar-refractivity contribution is 5.42. The van der Waals surface area contributed by atoms with Gasteiger partial charge in [-0.3, -0.25) is 0 Å². The smallest absolute Gasteiger partial charge is 0.225 e. The van der Waals surface area contributed by atoms with Crippen LogP contribution < -0.4 is 15.8 Å². The Morgan fingerprint density at radius 2 is 2.17 bits per heavy atom. The molecule has 1 aromatic rings. The number of anilines is 2. The van der Waals surface area contributed by atoms with Crippen molar-refractivity contribution in [1.82, 2.24) is 14.9 Å². The molecular weight excluding hydrogens is 230 g/mol. The van der Waals surface area contributed by atoms with Gasteiger partial charge >= 0.3 is 0 Å². The fraction of sp³-hybridized carbons (Fsp3) is 0.667. The third-order valence-electron chi connectivity index (χ3n) is 2.80. The van der Waals surface area contributed by atoms with Crippen molar-refractivity contribution in [3.8, 4) is 5.88 Å². The standard InChI is InChI=1S/C12H23N5O/c1-9(2)17(3)7-5-6-14-10-8-11(18-4)16-12(13)15-10/h8-9H,5-7H2,1-4H3,(H3,13,14,15,16). The van der Waals surface area contributed by atoms with Crippen LogP contribution in [0.1, 0.15) is 20.3 Å². The van der Waals surface area contributed by atoms with Crippen molar-refractivity contribution in [2.45, 2.75) is 26.3 Å². The molecule has 0 atom stereocenters. The number of nitrogen functional groups attached to an aromatic ring is 1. The maximum absolute atomic E-state index is 5.58. The molecule has 1 aromatic heterocycles. The van der Waals surface area contributed by atoms with Gasteiger partial charge in [0.15, 0.2) is 0 Å². The number of hydrogen-bond acceptors (Lipinski definition) is 6. The van der Waals surface area contributed by atoms with E-state index in [2.05, 4.69) is 41.1 Å². The van der Waals surface area contributed by atoms with Crippen molar-refractivity contribution in [2.24, 2.45) is 0 Å². The fourth-order valence-electron chi connectivity index (χ4n) is 1.44. The Labute approximate surface area is 109 Å². The molecule has 6 nitrogen and oxygen atoms in total. The second-order valence-corrected chi connectivity index (χ2v) is 4.51. The Kier molecular flexibility index (Phi) is 5.64. The highest BCUT2D eigenvalue weighted by Crippen LogP contribution is 2.13. The number of ether oxygens (including phenoxy) is 1. The first-order chi connectivity index (χ1) is 8.52. The highest BCUT2D eigenvalue weighted by Gasteiger charge is 2.04. The van der Waals surface area contributed by atoms with Gasteiger partial charge in [0.1, 0.15) is 5.82 Å². The fourth-order valence-corrected chi connectivity index (χ4v) is 1.44. The summed E-state index contributed by atoms with van der Waals surface area (Å²) < 4.78 is 5.03. The van der Waals surface area contributed by atoms with Gasteiger partial charge in [0.05, 0.1) is 7.11 Å². The van der Waals surface area contributed by atoms with Crippen LogP contribution in [-0.4, -0.2) is 48.2 Å². The molecule has 6 heteroatoms. The summed E-state index contributed by atoms with van der Waals surface area (Å²) in [5.74, 6) is 1.40. The third kappa shape index (κ3) is 4.75. The second-order valence-electron chi connectivity index (χ2n) is 4.51. The van der Waals surface area contributed by atoms with Gasteiger partial charge in [0.25, 0.3) is 0 Å². The summed E-state index contributed by atoms with van der Waals surface area (Å²) >= 11 is 0. The predicted octanol–water partition coefficient (Wildman–Crippen LogP) is 1.21. The largest absolute Gasteiger partial charge is 0.481 e. The Morgan fingerprint density at radius 1 is 1.44 bits per heavy atom. The molecule has 0 aliphatic heterocycles. The molecule has 102 valence electrons. The Hall–Kier alpha value is -1.56. The molecule has 0 saturated carbocycles. The first-order valence-electron chi connectivity index (χ1n) is 6.15. The van der Waals surface area contributed by atoms with E-state index in [9.17, 15) is 0 Å². The summed E-state index contributed by atoms with van der Waals surface area (Å²) in [5.41, 5.74) is 5.58. The molecule has 0 unspecified atom stereocenters. The van der Waals surface area contributed by atoms with Crippen LogP contribution in [0.5, 0.6) is 5.88 Å². The molecule has 0 aliphatic carbocycles. The van der Waals surface area contributed by atoms with Gasteiger partial charge < -0.3 is 20.7 Å². The molecule has 0 amide bonds. The lowest BCUT2D eigenvalue weighted by atomic mass is 10.3. The van der Waals surface area contributed by atoms with E-state index in [0.717, 1.165) is 19.5 Å². The molecule has 1 heterocycles. The van der Waals surface area contributed by atoms with Gasteiger partial charge in [-0.05, 0) is 33.9 Å². The maximum atomic E-state index is 5.58. The number of hydrogen-bond donors (Lipinski definition) is 2. The van der Waals surface area contributed by atoms with Crippen molar-refractivity contribution in [1.29, 1.82) is 0 Å². The van der Waals surface area contributed by atoms with E-state index in [4.69, 9.17) is 10.5 Å². The van der Waals surface area contributed by atoms with Crippen LogP contribution in [0.25, 0.3) is 0 Å². The van der Waals surface area contributed by atoms with E-state index in [-0.39, 0.29) is 5.95 Å². The molecule has 3 N–H and O–H groups in total. The molecule has 0 spiro atoms. The quantitative estimate of drug-likeness (QED) is 0.711. The number of rotatable bonds is 7. The molecule has 18 heavy (non-hydrogen) atoms. The van der Waals surface area contributed by atoms with Crippen molar-refractivity contribution in [3.63, 3.8) is 0 Å². The number of nitrogens with one attached hydrogen (secondary N) is 1. The summed E-state index contributed by atoms with van der Waals surface area (Å²) in [5, 5.41) is 3.22. The van der Waals surface area contributed by atoms with Crippen LogP contribution in [0, 0.1) is 0 Å². The van der Waals surface area contributed by atoms with Gasteiger partial charge in [0.2, 0.25) is 11.8 Å². The van der Waals surface area contributed by atoms with Gasteiger partial charge in [-0.2, -0.15) is 9.97 Å². The zero-order valence-electron chi connectivity index (χ0n) is 11.6. The van der Waals surface area contributed by atoms with E-state index in [0.29, 0.717) is 17.7 Å². The molecule has 0 aliphatic rings. The monoisotopic (exact) mass is 253 g/mol. The predicted molar refractivity (Wildman–Crippen MR) is 73.9 cm³/mol. The van der Waals surface area contributed by atoms with Crippen LogP contribution in [0.15, 0.2) is 6.07 Å². The minimum atomic E-state index is 0.219. The molecular formula is C12H23N5O. The van der Waals surface area contributed by atoms with E-state index in [1.54, 1.807) is 13.2 Å². The molecule has 1 rings (SSSR count). The number of methoxy groups -OCH3 is 1. The Bertz CT molecular complexity index is 369.